The van der Waals surface area contributed by atoms with Crippen molar-refractivity contribution >= 4 is 22.6 Å². The quantitative estimate of drug-likeness (QED) is 0.786. The zero-order valence-electron chi connectivity index (χ0n) is 7.70. The molecule has 0 saturated heterocycles. The Morgan fingerprint density at radius 3 is 2.85 bits per heavy atom. The number of anilines is 1. The fourth-order valence-corrected chi connectivity index (χ4v) is 1.24. The lowest BCUT2D eigenvalue weighted by atomic mass is 10.4. The number of ether oxygens (including phenoxy) is 1. The van der Waals surface area contributed by atoms with Crippen LogP contribution in [-0.4, -0.2) is 28.5 Å². The third kappa shape index (κ3) is 2.74. The number of aryl methyl sites for hydroxylation is 1. The van der Waals surface area contributed by atoms with Crippen molar-refractivity contribution in [3.8, 4) is 0 Å². The number of carbonyl (C=O) groups excluding carboxylic acids is 1. The van der Waals surface area contributed by atoms with Crippen molar-refractivity contribution in [3.05, 3.63) is 5.82 Å². The van der Waals surface area contributed by atoms with Crippen LogP contribution in [0.1, 0.15) is 12.7 Å². The second-order valence-corrected chi connectivity index (χ2v) is 3.27. The second-order valence-electron chi connectivity index (χ2n) is 2.51. The van der Waals surface area contributed by atoms with E-state index in [0.717, 1.165) is 11.5 Å². The highest BCUT2D eigenvalue weighted by molar-refractivity contribution is 7.09. The Kier molecular flexibility index (Phi) is 3.32. The molecule has 1 atom stereocenters. The highest BCUT2D eigenvalue weighted by Gasteiger charge is 2.13. The fraction of sp³-hybridized carbons (Fsp3) is 0.571. The molecule has 1 N–H and O–H groups in total. The number of methoxy groups -OCH3 is 1. The standard InChI is InChI=1S/C7H11N3O2S/c1-4(12-3)6(11)9-7-8-5(2)10-13-7/h4H,1-3H3,(H,8,9,10,11). The second kappa shape index (κ2) is 4.29. The smallest absolute Gasteiger partial charge is 0.255 e. The Hall–Kier alpha value is -1.01. The Morgan fingerprint density at radius 2 is 2.38 bits per heavy atom. The van der Waals surface area contributed by atoms with Crippen LogP contribution in [-0.2, 0) is 9.53 Å². The van der Waals surface area contributed by atoms with Crippen LogP contribution in [0.15, 0.2) is 0 Å². The van der Waals surface area contributed by atoms with Crippen LogP contribution in [0.2, 0.25) is 0 Å². The summed E-state index contributed by atoms with van der Waals surface area (Å²) in [4.78, 5) is 15.2. The molecule has 13 heavy (non-hydrogen) atoms. The van der Waals surface area contributed by atoms with Crippen molar-refractivity contribution in [1.29, 1.82) is 0 Å². The van der Waals surface area contributed by atoms with Crippen molar-refractivity contribution in [2.75, 3.05) is 12.4 Å². The summed E-state index contributed by atoms with van der Waals surface area (Å²) in [6.07, 6.45) is -0.468. The molecule has 0 aliphatic heterocycles. The molecule has 72 valence electrons. The van der Waals surface area contributed by atoms with E-state index in [4.69, 9.17) is 4.74 Å². The highest BCUT2D eigenvalue weighted by atomic mass is 32.1. The van der Waals surface area contributed by atoms with E-state index in [-0.39, 0.29) is 5.91 Å². The largest absolute Gasteiger partial charge is 0.372 e. The van der Waals surface area contributed by atoms with E-state index in [9.17, 15) is 4.79 Å². The van der Waals surface area contributed by atoms with Crippen LogP contribution in [0.3, 0.4) is 0 Å². The van der Waals surface area contributed by atoms with Gasteiger partial charge in [0.15, 0.2) is 0 Å². The van der Waals surface area contributed by atoms with Gasteiger partial charge in [0, 0.05) is 18.6 Å². The topological polar surface area (TPSA) is 64.1 Å². The van der Waals surface area contributed by atoms with E-state index in [1.165, 1.54) is 7.11 Å². The summed E-state index contributed by atoms with van der Waals surface area (Å²) in [5, 5.41) is 3.10. The summed E-state index contributed by atoms with van der Waals surface area (Å²) < 4.78 is 8.77. The third-order valence-corrected chi connectivity index (χ3v) is 2.20. The molecule has 1 aromatic heterocycles. The molecule has 0 aliphatic carbocycles. The van der Waals surface area contributed by atoms with E-state index in [1.54, 1.807) is 13.8 Å². The average Bonchev–Trinajstić information content (AvgIpc) is 2.49. The summed E-state index contributed by atoms with van der Waals surface area (Å²) in [7, 11) is 1.48. The van der Waals surface area contributed by atoms with Gasteiger partial charge in [0.05, 0.1) is 0 Å². The molecule has 0 bridgehead atoms. The molecular formula is C7H11N3O2S. The molecule has 5 nitrogen and oxygen atoms in total. The van der Waals surface area contributed by atoms with Crippen LogP contribution in [0.4, 0.5) is 5.13 Å². The van der Waals surface area contributed by atoms with Gasteiger partial charge in [-0.25, -0.2) is 4.98 Å². The van der Waals surface area contributed by atoms with Crippen molar-refractivity contribution in [2.45, 2.75) is 20.0 Å². The van der Waals surface area contributed by atoms with Crippen molar-refractivity contribution in [1.82, 2.24) is 9.36 Å². The van der Waals surface area contributed by atoms with E-state index in [1.807, 2.05) is 0 Å². The maximum absolute atomic E-state index is 11.3. The number of hydrogen-bond donors (Lipinski definition) is 1. The van der Waals surface area contributed by atoms with Gasteiger partial charge in [-0.15, -0.1) is 0 Å². The summed E-state index contributed by atoms with van der Waals surface area (Å²) in [5.74, 6) is 0.448. The van der Waals surface area contributed by atoms with Gasteiger partial charge < -0.3 is 4.74 Å². The number of hydrogen-bond acceptors (Lipinski definition) is 5. The number of carbonyl (C=O) groups is 1. The lowest BCUT2D eigenvalue weighted by Crippen LogP contribution is -2.26. The normalized spacial score (nSPS) is 12.5. The zero-order chi connectivity index (χ0) is 9.84. The minimum atomic E-state index is -0.468. The molecule has 0 fully saturated rings. The predicted octanol–water partition coefficient (Wildman–Crippen LogP) is 0.820. The first-order valence-corrected chi connectivity index (χ1v) is 4.55. The maximum Gasteiger partial charge on any atom is 0.255 e. The first-order chi connectivity index (χ1) is 6.13. The average molecular weight is 201 g/mol. The third-order valence-electron chi connectivity index (χ3n) is 1.48. The van der Waals surface area contributed by atoms with Crippen LogP contribution >= 0.6 is 11.5 Å². The summed E-state index contributed by atoms with van der Waals surface area (Å²) in [6.45, 7) is 3.44. The highest BCUT2D eigenvalue weighted by Crippen LogP contribution is 2.10. The molecule has 1 heterocycles. The van der Waals surface area contributed by atoms with Gasteiger partial charge in [-0.3, -0.25) is 10.1 Å². The van der Waals surface area contributed by atoms with Gasteiger partial charge in [-0.1, -0.05) is 0 Å². The number of amides is 1. The van der Waals surface area contributed by atoms with Crippen molar-refractivity contribution in [3.63, 3.8) is 0 Å². The Balaban J connectivity index is 2.54. The number of nitrogens with zero attached hydrogens (tertiary/aromatic N) is 2. The van der Waals surface area contributed by atoms with Crippen LogP contribution < -0.4 is 5.32 Å². The monoisotopic (exact) mass is 201 g/mol. The van der Waals surface area contributed by atoms with E-state index in [0.29, 0.717) is 11.0 Å². The molecule has 0 spiro atoms. The molecule has 0 aromatic carbocycles. The molecular weight excluding hydrogens is 190 g/mol. The Labute approximate surface area is 80.3 Å². The fourth-order valence-electron chi connectivity index (χ4n) is 0.662. The molecule has 0 saturated carbocycles. The van der Waals surface area contributed by atoms with E-state index in [2.05, 4.69) is 14.7 Å². The SMILES string of the molecule is COC(C)C(=O)Nc1nc(C)ns1. The van der Waals surface area contributed by atoms with Gasteiger partial charge >= 0.3 is 0 Å². The summed E-state index contributed by atoms with van der Waals surface area (Å²) in [6, 6.07) is 0. The molecule has 1 rings (SSSR count). The minimum Gasteiger partial charge on any atom is -0.372 e. The Bertz CT molecular complexity index is 300. The first-order valence-electron chi connectivity index (χ1n) is 3.77. The van der Waals surface area contributed by atoms with Gasteiger partial charge in [0.25, 0.3) is 5.91 Å². The molecule has 1 amide bonds. The lowest BCUT2D eigenvalue weighted by Gasteiger charge is -2.06. The van der Waals surface area contributed by atoms with Crippen molar-refractivity contribution in [2.24, 2.45) is 0 Å². The van der Waals surface area contributed by atoms with E-state index >= 15 is 0 Å². The van der Waals surface area contributed by atoms with Gasteiger partial charge in [-0.2, -0.15) is 4.37 Å². The lowest BCUT2D eigenvalue weighted by molar-refractivity contribution is -0.124. The van der Waals surface area contributed by atoms with Crippen LogP contribution in [0.25, 0.3) is 0 Å². The van der Waals surface area contributed by atoms with Gasteiger partial charge in [-0.05, 0) is 13.8 Å². The van der Waals surface area contributed by atoms with Crippen molar-refractivity contribution < 1.29 is 9.53 Å². The van der Waals surface area contributed by atoms with Crippen LogP contribution in [0.5, 0.6) is 0 Å². The number of nitrogens with one attached hydrogen (secondary N) is 1. The molecule has 1 aromatic rings. The number of rotatable bonds is 3. The Morgan fingerprint density at radius 1 is 1.69 bits per heavy atom. The van der Waals surface area contributed by atoms with Gasteiger partial charge in [0.1, 0.15) is 11.9 Å². The predicted molar refractivity (Wildman–Crippen MR) is 49.7 cm³/mol. The van der Waals surface area contributed by atoms with E-state index < -0.39 is 6.10 Å². The molecule has 0 radical (unpaired) electrons. The maximum atomic E-state index is 11.3. The van der Waals surface area contributed by atoms with Gasteiger partial charge in [0.2, 0.25) is 5.13 Å². The minimum absolute atomic E-state index is 0.210. The first kappa shape index (κ1) is 10.1. The molecule has 6 heteroatoms. The molecule has 0 aliphatic rings. The summed E-state index contributed by atoms with van der Waals surface area (Å²) in [5.41, 5.74) is 0. The molecule has 1 unspecified atom stereocenters. The summed E-state index contributed by atoms with van der Waals surface area (Å²) >= 11 is 1.16. The van der Waals surface area contributed by atoms with Crippen LogP contribution in [0, 0.1) is 6.92 Å². The number of aromatic nitrogens is 2. The zero-order valence-corrected chi connectivity index (χ0v) is 8.51.